The van der Waals surface area contributed by atoms with Crippen LogP contribution in [0.15, 0.2) is 52.9 Å². The summed E-state index contributed by atoms with van der Waals surface area (Å²) in [5.74, 6) is 2.36. The molecule has 34 heavy (non-hydrogen) atoms. The Hall–Kier alpha value is -3.74. The van der Waals surface area contributed by atoms with E-state index in [1.165, 1.54) is 0 Å². The second-order valence-electron chi connectivity index (χ2n) is 8.81. The number of fused-ring (bicyclic) bond motifs is 1. The van der Waals surface area contributed by atoms with Crippen molar-refractivity contribution in [3.63, 3.8) is 0 Å². The summed E-state index contributed by atoms with van der Waals surface area (Å²) in [6, 6.07) is 14.9. The van der Waals surface area contributed by atoms with Crippen molar-refractivity contribution in [1.82, 2.24) is 4.90 Å². The number of hydrogen-bond acceptors (Lipinski definition) is 5. The summed E-state index contributed by atoms with van der Waals surface area (Å²) in [7, 11) is 3.23. The van der Waals surface area contributed by atoms with Crippen molar-refractivity contribution < 1.29 is 23.5 Å². The first-order chi connectivity index (χ1) is 16.6. The zero-order valence-electron chi connectivity index (χ0n) is 19.4. The number of carbonyl (C=O) groups excluding carboxylic acids is 2. The van der Waals surface area contributed by atoms with Crippen LogP contribution in [0.25, 0.3) is 11.3 Å². The quantitative estimate of drug-likeness (QED) is 0.566. The van der Waals surface area contributed by atoms with E-state index in [0.29, 0.717) is 36.1 Å². The van der Waals surface area contributed by atoms with Crippen molar-refractivity contribution >= 4 is 17.5 Å². The third kappa shape index (κ3) is 4.25. The molecule has 2 aromatic carbocycles. The van der Waals surface area contributed by atoms with Gasteiger partial charge in [-0.05, 0) is 78.9 Å². The molecule has 2 heterocycles. The third-order valence-electron chi connectivity index (χ3n) is 6.73. The highest BCUT2D eigenvalue weighted by atomic mass is 16.5. The van der Waals surface area contributed by atoms with Gasteiger partial charge in [0.2, 0.25) is 5.91 Å². The van der Waals surface area contributed by atoms with Crippen LogP contribution in [0, 0.1) is 5.92 Å². The molecular weight excluding hydrogens is 432 g/mol. The highest BCUT2D eigenvalue weighted by molar-refractivity contribution is 5.93. The maximum absolute atomic E-state index is 13.1. The van der Waals surface area contributed by atoms with Gasteiger partial charge in [0.25, 0.3) is 5.91 Å². The largest absolute Gasteiger partial charge is 0.493 e. The molecule has 2 aliphatic rings. The van der Waals surface area contributed by atoms with Crippen LogP contribution >= 0.6 is 0 Å². The van der Waals surface area contributed by atoms with Gasteiger partial charge >= 0.3 is 0 Å². The van der Waals surface area contributed by atoms with E-state index >= 15 is 0 Å². The van der Waals surface area contributed by atoms with Crippen LogP contribution in [0.2, 0.25) is 0 Å². The van der Waals surface area contributed by atoms with Gasteiger partial charge in [-0.2, -0.15) is 0 Å². The average Bonchev–Trinajstić information content (AvgIpc) is 3.32. The highest BCUT2D eigenvalue weighted by Crippen LogP contribution is 2.34. The minimum atomic E-state index is -0.143. The maximum atomic E-state index is 13.1. The molecule has 1 fully saturated rings. The first-order valence-electron chi connectivity index (χ1n) is 11.6. The zero-order valence-corrected chi connectivity index (χ0v) is 19.4. The van der Waals surface area contributed by atoms with Crippen LogP contribution in [-0.2, 0) is 17.8 Å². The Morgan fingerprint density at radius 3 is 2.32 bits per heavy atom. The van der Waals surface area contributed by atoms with Crippen LogP contribution in [0.3, 0.4) is 0 Å². The number of furan rings is 1. The molecule has 5 rings (SSSR count). The standard InChI is InChI=1S/C27H28N2O5/c1-32-24-14-19-12-13-29(16-20(19)15-25(24)33-2)27(31)23-11-10-22(34-23)17-6-8-21(9-7-17)28-26(30)18-4-3-5-18/h6-11,14-15,18H,3-5,12-13,16H2,1-2H3,(H,28,30). The molecule has 0 unspecified atom stereocenters. The molecule has 176 valence electrons. The molecule has 0 bridgehead atoms. The van der Waals surface area contributed by atoms with Gasteiger partial charge in [-0.1, -0.05) is 6.42 Å². The van der Waals surface area contributed by atoms with Crippen molar-refractivity contribution in [3.05, 3.63) is 65.4 Å². The fraction of sp³-hybridized carbons (Fsp3) is 0.333. The number of benzene rings is 2. The number of hydrogen-bond donors (Lipinski definition) is 1. The summed E-state index contributed by atoms with van der Waals surface area (Å²) in [6.07, 6.45) is 3.81. The molecule has 1 aliphatic heterocycles. The van der Waals surface area contributed by atoms with E-state index in [9.17, 15) is 9.59 Å². The number of carbonyl (C=O) groups is 2. The lowest BCUT2D eigenvalue weighted by Gasteiger charge is -2.29. The van der Waals surface area contributed by atoms with Gasteiger partial charge in [-0.3, -0.25) is 9.59 Å². The lowest BCUT2D eigenvalue weighted by molar-refractivity contribution is -0.122. The molecule has 3 aromatic rings. The fourth-order valence-electron chi connectivity index (χ4n) is 4.45. The van der Waals surface area contributed by atoms with Crippen molar-refractivity contribution in [2.45, 2.75) is 32.2 Å². The monoisotopic (exact) mass is 460 g/mol. The second-order valence-corrected chi connectivity index (χ2v) is 8.81. The first kappa shape index (κ1) is 22.1. The Kier molecular flexibility index (Phi) is 6.01. The molecule has 7 heteroatoms. The minimum Gasteiger partial charge on any atom is -0.493 e. The molecule has 1 saturated carbocycles. The minimum absolute atomic E-state index is 0.0871. The highest BCUT2D eigenvalue weighted by Gasteiger charge is 2.26. The second kappa shape index (κ2) is 9.25. The van der Waals surface area contributed by atoms with Crippen molar-refractivity contribution in [2.24, 2.45) is 5.92 Å². The third-order valence-corrected chi connectivity index (χ3v) is 6.73. The average molecular weight is 461 g/mol. The molecule has 1 N–H and O–H groups in total. The van der Waals surface area contributed by atoms with Gasteiger partial charge in [0.1, 0.15) is 5.76 Å². The van der Waals surface area contributed by atoms with E-state index < -0.39 is 0 Å². The summed E-state index contributed by atoms with van der Waals surface area (Å²) in [4.78, 5) is 27.1. The topological polar surface area (TPSA) is 81.0 Å². The summed E-state index contributed by atoms with van der Waals surface area (Å²) in [6.45, 7) is 1.09. The maximum Gasteiger partial charge on any atom is 0.289 e. The first-order valence-corrected chi connectivity index (χ1v) is 11.6. The zero-order chi connectivity index (χ0) is 23.7. The normalized spacial score (nSPS) is 15.3. The summed E-state index contributed by atoms with van der Waals surface area (Å²) in [5, 5.41) is 2.97. The van der Waals surface area contributed by atoms with Gasteiger partial charge < -0.3 is 24.1 Å². The van der Waals surface area contributed by atoms with Crippen molar-refractivity contribution in [1.29, 1.82) is 0 Å². The van der Waals surface area contributed by atoms with Gasteiger partial charge in [0.05, 0.1) is 14.2 Å². The van der Waals surface area contributed by atoms with Gasteiger partial charge in [0, 0.05) is 30.3 Å². The summed E-state index contributed by atoms with van der Waals surface area (Å²) >= 11 is 0. The molecule has 2 amide bonds. The predicted octanol–water partition coefficient (Wildman–Crippen LogP) is 4.90. The molecule has 0 atom stereocenters. The lowest BCUT2D eigenvalue weighted by Crippen LogP contribution is -2.35. The Balaban J connectivity index is 1.26. The van der Waals surface area contributed by atoms with E-state index in [0.717, 1.165) is 48.1 Å². The number of nitrogens with one attached hydrogen (secondary N) is 1. The molecule has 0 spiro atoms. The number of amides is 2. The molecule has 0 saturated heterocycles. The molecular formula is C27H28N2O5. The SMILES string of the molecule is COc1cc2c(cc1OC)CN(C(=O)c1ccc(-c3ccc(NC(=O)C4CCC4)cc3)o1)CC2. The molecule has 0 radical (unpaired) electrons. The van der Waals surface area contributed by atoms with E-state index in [4.69, 9.17) is 13.9 Å². The lowest BCUT2D eigenvalue weighted by atomic mass is 9.85. The number of ether oxygens (including phenoxy) is 2. The van der Waals surface area contributed by atoms with Crippen LogP contribution in [0.4, 0.5) is 5.69 Å². The van der Waals surface area contributed by atoms with Crippen LogP contribution in [0.5, 0.6) is 11.5 Å². The predicted molar refractivity (Wildman–Crippen MR) is 128 cm³/mol. The number of nitrogens with zero attached hydrogens (tertiary/aromatic N) is 1. The molecule has 1 aliphatic carbocycles. The Morgan fingerprint density at radius 2 is 1.68 bits per heavy atom. The van der Waals surface area contributed by atoms with E-state index in [2.05, 4.69) is 5.32 Å². The molecule has 1 aromatic heterocycles. The van der Waals surface area contributed by atoms with Crippen LogP contribution in [-0.4, -0.2) is 37.5 Å². The van der Waals surface area contributed by atoms with Gasteiger partial charge in [-0.25, -0.2) is 0 Å². The van der Waals surface area contributed by atoms with Crippen LogP contribution in [0.1, 0.15) is 40.9 Å². The van der Waals surface area contributed by atoms with Gasteiger partial charge in [0.15, 0.2) is 17.3 Å². The Bertz CT molecular complexity index is 1210. The Morgan fingerprint density at radius 1 is 0.971 bits per heavy atom. The van der Waals surface area contributed by atoms with E-state index in [1.807, 2.05) is 36.4 Å². The number of anilines is 1. The Labute approximate surface area is 198 Å². The fourth-order valence-corrected chi connectivity index (χ4v) is 4.45. The van der Waals surface area contributed by atoms with Crippen molar-refractivity contribution in [3.8, 4) is 22.8 Å². The van der Waals surface area contributed by atoms with E-state index in [1.54, 1.807) is 31.3 Å². The summed E-state index contributed by atoms with van der Waals surface area (Å²) < 4.78 is 16.7. The smallest absolute Gasteiger partial charge is 0.289 e. The van der Waals surface area contributed by atoms with Gasteiger partial charge in [-0.15, -0.1) is 0 Å². The molecule has 7 nitrogen and oxygen atoms in total. The van der Waals surface area contributed by atoms with E-state index in [-0.39, 0.29) is 17.7 Å². The number of methoxy groups -OCH3 is 2. The van der Waals surface area contributed by atoms with Crippen molar-refractivity contribution in [2.75, 3.05) is 26.1 Å². The summed E-state index contributed by atoms with van der Waals surface area (Å²) in [5.41, 5.74) is 3.82. The van der Waals surface area contributed by atoms with Crippen LogP contribution < -0.4 is 14.8 Å². The number of rotatable bonds is 6.